The van der Waals surface area contributed by atoms with Gasteiger partial charge in [0.25, 0.3) is 5.91 Å². The Morgan fingerprint density at radius 3 is 2.48 bits per heavy atom. The van der Waals surface area contributed by atoms with E-state index in [1.807, 2.05) is 42.5 Å². The van der Waals surface area contributed by atoms with E-state index in [9.17, 15) is 10.1 Å². The van der Waals surface area contributed by atoms with E-state index in [-0.39, 0.29) is 18.0 Å². The highest BCUT2D eigenvalue weighted by atomic mass is 16.2. The summed E-state index contributed by atoms with van der Waals surface area (Å²) in [6.07, 6.45) is 6.62. The largest absolute Gasteiger partial charge is 0.363 e. The fourth-order valence-electron chi connectivity index (χ4n) is 6.57. The predicted molar refractivity (Wildman–Crippen MR) is 169 cm³/mol. The second-order valence-electron chi connectivity index (χ2n) is 11.6. The maximum atomic E-state index is 14.4. The summed E-state index contributed by atoms with van der Waals surface area (Å²) in [5.41, 5.74) is 5.35. The summed E-state index contributed by atoms with van der Waals surface area (Å²) in [6, 6.07) is 28.7. The molecule has 0 radical (unpaired) electrons. The molecule has 2 fully saturated rings. The number of aromatic nitrogens is 1. The van der Waals surface area contributed by atoms with Crippen LogP contribution in [-0.2, 0) is 0 Å². The Hall–Kier alpha value is -4.21. The molecule has 0 bridgehead atoms. The van der Waals surface area contributed by atoms with Gasteiger partial charge in [0.1, 0.15) is 5.82 Å². The summed E-state index contributed by atoms with van der Waals surface area (Å²) in [4.78, 5) is 24.1. The maximum absolute atomic E-state index is 14.4. The van der Waals surface area contributed by atoms with Gasteiger partial charge in [-0.1, -0.05) is 55.5 Å². The zero-order valence-corrected chi connectivity index (χ0v) is 24.4. The van der Waals surface area contributed by atoms with E-state index < -0.39 is 0 Å². The lowest BCUT2D eigenvalue weighted by atomic mass is 9.99. The number of nitrogens with zero attached hydrogens (tertiary/aromatic N) is 4. The van der Waals surface area contributed by atoms with Gasteiger partial charge in [0.05, 0.1) is 28.8 Å². The average Bonchev–Trinajstić information content (AvgIpc) is 3.74. The minimum absolute atomic E-state index is 0.0945. The first-order valence-corrected chi connectivity index (χ1v) is 15.4. The lowest BCUT2D eigenvalue weighted by molar-refractivity contribution is 0.0725. The Labute approximate surface area is 249 Å². The van der Waals surface area contributed by atoms with Crippen molar-refractivity contribution in [3.8, 4) is 17.2 Å². The highest BCUT2D eigenvalue weighted by Gasteiger charge is 2.31. The van der Waals surface area contributed by atoms with E-state index in [1.54, 1.807) is 0 Å². The molecular weight excluding hydrogens is 518 g/mol. The summed E-state index contributed by atoms with van der Waals surface area (Å²) < 4.78 is 0. The molecule has 1 amide bonds. The van der Waals surface area contributed by atoms with Crippen LogP contribution in [0, 0.1) is 11.3 Å². The molecule has 214 valence electrons. The molecule has 3 aromatic carbocycles. The fourth-order valence-corrected chi connectivity index (χ4v) is 6.57. The summed E-state index contributed by atoms with van der Waals surface area (Å²) >= 11 is 0. The van der Waals surface area contributed by atoms with Gasteiger partial charge in [-0.2, -0.15) is 5.26 Å². The monoisotopic (exact) mass is 557 g/mol. The van der Waals surface area contributed by atoms with E-state index in [4.69, 9.17) is 4.98 Å². The molecule has 0 spiro atoms. The lowest BCUT2D eigenvalue weighted by Crippen LogP contribution is -2.38. The van der Waals surface area contributed by atoms with Crippen molar-refractivity contribution >= 4 is 22.6 Å². The Morgan fingerprint density at radius 1 is 0.976 bits per heavy atom. The van der Waals surface area contributed by atoms with E-state index in [2.05, 4.69) is 64.5 Å². The number of pyridine rings is 1. The molecule has 0 saturated carbocycles. The van der Waals surface area contributed by atoms with Crippen LogP contribution >= 0.6 is 0 Å². The molecular formula is C36H39N5O. The van der Waals surface area contributed by atoms with E-state index in [0.717, 1.165) is 66.6 Å². The summed E-state index contributed by atoms with van der Waals surface area (Å²) in [7, 11) is 0. The molecule has 2 aliphatic heterocycles. The molecule has 2 aliphatic rings. The number of rotatable bonds is 9. The Morgan fingerprint density at radius 2 is 1.74 bits per heavy atom. The second-order valence-corrected chi connectivity index (χ2v) is 11.6. The molecule has 3 heterocycles. The van der Waals surface area contributed by atoms with Crippen LogP contribution in [-0.4, -0.2) is 52.9 Å². The lowest BCUT2D eigenvalue weighted by Gasteiger charge is -2.27. The predicted octanol–water partition coefficient (Wildman–Crippen LogP) is 7.43. The van der Waals surface area contributed by atoms with Crippen molar-refractivity contribution in [3.05, 3.63) is 95.6 Å². The zero-order valence-electron chi connectivity index (χ0n) is 24.4. The number of nitriles is 1. The number of carbonyl (C=O) groups is 1. The number of anilines is 1. The van der Waals surface area contributed by atoms with E-state index >= 15 is 0 Å². The highest BCUT2D eigenvalue weighted by molar-refractivity contribution is 6.08. The number of carbonyl (C=O) groups excluding carboxylic acids is 1. The minimum Gasteiger partial charge on any atom is -0.363 e. The van der Waals surface area contributed by atoms with Crippen LogP contribution in [0.15, 0.2) is 78.9 Å². The average molecular weight is 558 g/mol. The Kier molecular flexibility index (Phi) is 8.48. The third kappa shape index (κ3) is 6.03. The minimum atomic E-state index is 0.0945. The smallest absolute Gasteiger partial charge is 0.254 e. The number of hydrogen-bond acceptors (Lipinski definition) is 5. The molecule has 1 aromatic heterocycles. The number of fused-ring (bicyclic) bond motifs is 1. The number of amides is 1. The molecule has 0 aliphatic carbocycles. The van der Waals surface area contributed by atoms with Crippen LogP contribution in [0.1, 0.15) is 73.0 Å². The van der Waals surface area contributed by atoms with Gasteiger partial charge in [0, 0.05) is 24.5 Å². The molecule has 6 heteroatoms. The van der Waals surface area contributed by atoms with E-state index in [0.29, 0.717) is 11.1 Å². The fraction of sp³-hybridized carbons (Fsp3) is 0.361. The van der Waals surface area contributed by atoms with Gasteiger partial charge in [-0.25, -0.2) is 4.98 Å². The topological polar surface area (TPSA) is 72.3 Å². The first kappa shape index (κ1) is 27.9. The van der Waals surface area contributed by atoms with Crippen molar-refractivity contribution in [3.63, 3.8) is 0 Å². The summed E-state index contributed by atoms with van der Waals surface area (Å²) in [5.74, 6) is 0.819. The van der Waals surface area contributed by atoms with Crippen molar-refractivity contribution in [2.45, 2.75) is 57.5 Å². The normalized spacial score (nSPS) is 17.8. The summed E-state index contributed by atoms with van der Waals surface area (Å²) in [5, 5.41) is 13.7. The third-order valence-electron chi connectivity index (χ3n) is 8.93. The standard InChI is InChI=1S/C36H39N5O/c1-2-33(28-9-4-3-5-10-28)38-35-24-32(36(42)41-21-8-11-30(41)18-22-40-19-6-7-20-40)31-23-29(16-17-34(31)39-35)27-14-12-26(25-37)13-15-27/h3-5,9-10,12-17,23-24,30,33H,2,6-8,11,18-22H2,1H3,(H,38,39). The van der Waals surface area contributed by atoms with E-state index in [1.165, 1.54) is 31.5 Å². The van der Waals surface area contributed by atoms with Crippen LogP contribution in [0.2, 0.25) is 0 Å². The molecule has 2 atom stereocenters. The molecule has 4 aromatic rings. The number of likely N-dealkylation sites (tertiary alicyclic amines) is 2. The van der Waals surface area contributed by atoms with Gasteiger partial charge in [0.15, 0.2) is 0 Å². The van der Waals surface area contributed by atoms with Crippen molar-refractivity contribution in [2.75, 3.05) is 31.5 Å². The quantitative estimate of drug-likeness (QED) is 0.232. The van der Waals surface area contributed by atoms with Crippen molar-refractivity contribution in [1.82, 2.24) is 14.8 Å². The molecule has 2 saturated heterocycles. The van der Waals surface area contributed by atoms with Gasteiger partial charge in [0.2, 0.25) is 0 Å². The van der Waals surface area contributed by atoms with Crippen LogP contribution in [0.4, 0.5) is 5.82 Å². The molecule has 1 N–H and O–H groups in total. The van der Waals surface area contributed by atoms with Crippen molar-refractivity contribution in [1.29, 1.82) is 5.26 Å². The van der Waals surface area contributed by atoms with Gasteiger partial charge in [-0.15, -0.1) is 0 Å². The first-order chi connectivity index (χ1) is 20.6. The summed E-state index contributed by atoms with van der Waals surface area (Å²) in [6.45, 7) is 6.39. The second kappa shape index (κ2) is 12.8. The first-order valence-electron chi connectivity index (χ1n) is 15.4. The van der Waals surface area contributed by atoms with Gasteiger partial charge in [-0.05, 0) is 98.6 Å². The van der Waals surface area contributed by atoms with Crippen LogP contribution in [0.5, 0.6) is 0 Å². The maximum Gasteiger partial charge on any atom is 0.254 e. The van der Waals surface area contributed by atoms with Crippen molar-refractivity contribution < 1.29 is 4.79 Å². The van der Waals surface area contributed by atoms with Gasteiger partial charge >= 0.3 is 0 Å². The highest BCUT2D eigenvalue weighted by Crippen LogP contribution is 2.32. The van der Waals surface area contributed by atoms with Gasteiger partial charge in [-0.3, -0.25) is 4.79 Å². The SMILES string of the molecule is CCC(Nc1cc(C(=O)N2CCCC2CCN2CCCC2)c2cc(-c3ccc(C#N)cc3)ccc2n1)c1ccccc1. The zero-order chi connectivity index (χ0) is 28.9. The van der Waals surface area contributed by atoms with Gasteiger partial charge < -0.3 is 15.1 Å². The molecule has 6 rings (SSSR count). The number of nitrogens with one attached hydrogen (secondary N) is 1. The Bertz CT molecular complexity index is 1570. The third-order valence-corrected chi connectivity index (χ3v) is 8.93. The number of hydrogen-bond donors (Lipinski definition) is 1. The Balaban J connectivity index is 1.36. The molecule has 42 heavy (non-hydrogen) atoms. The molecule has 6 nitrogen and oxygen atoms in total. The number of benzene rings is 3. The van der Waals surface area contributed by atoms with Crippen LogP contribution in [0.25, 0.3) is 22.0 Å². The molecule has 2 unspecified atom stereocenters. The van der Waals surface area contributed by atoms with Crippen LogP contribution in [0.3, 0.4) is 0 Å². The van der Waals surface area contributed by atoms with Crippen LogP contribution < -0.4 is 5.32 Å². The van der Waals surface area contributed by atoms with Crippen molar-refractivity contribution in [2.24, 2.45) is 0 Å².